The molecule has 3 aliphatic rings. The van der Waals surface area contributed by atoms with Gasteiger partial charge in [-0.05, 0) is 43.9 Å². The Hall–Kier alpha value is -1.77. The smallest absolute Gasteiger partial charge is 0.260 e. The number of nitrogens with one attached hydrogen (secondary N) is 2. The van der Waals surface area contributed by atoms with Crippen LogP contribution < -0.4 is 16.4 Å². The zero-order chi connectivity index (χ0) is 20.7. The lowest BCUT2D eigenvalue weighted by Gasteiger charge is -2.45. The normalized spacial score (nSPS) is 28.5. The first kappa shape index (κ1) is 21.0. The summed E-state index contributed by atoms with van der Waals surface area (Å²) in [4.78, 5) is 36.6. The van der Waals surface area contributed by atoms with E-state index in [0.717, 1.165) is 25.7 Å². The Morgan fingerprint density at radius 1 is 1.14 bits per heavy atom. The molecule has 3 atom stereocenters. The van der Waals surface area contributed by atoms with Crippen LogP contribution in [0.4, 0.5) is 8.78 Å². The number of primary amides is 1. The lowest BCUT2D eigenvalue weighted by Crippen LogP contribution is -2.67. The maximum Gasteiger partial charge on any atom is 0.260 e. The van der Waals surface area contributed by atoms with Gasteiger partial charge in [-0.15, -0.1) is 0 Å². The SMILES string of the molecule is CC1(C[C@H](NC(=O)C2CC2(F)F)C(=O)NC2(C(O)C(N)=O)CCC2)CCCC1. The molecule has 0 radical (unpaired) electrons. The Morgan fingerprint density at radius 2 is 1.71 bits per heavy atom. The average Bonchev–Trinajstić information content (AvgIpc) is 3.00. The standard InChI is InChI=1S/C19H29F2N3O4/c1-17(5-2-3-6-17)10-12(23-15(27)11-9-19(11,20)21)16(28)24-18(7-4-8-18)13(25)14(22)26/h11-13,25H,2-10H2,1H3,(H2,22,26)(H,23,27)(H,24,28)/t11?,12-,13?/m0/s1. The monoisotopic (exact) mass is 401 g/mol. The van der Waals surface area contributed by atoms with Crippen molar-refractivity contribution in [3.63, 3.8) is 0 Å². The van der Waals surface area contributed by atoms with Gasteiger partial charge < -0.3 is 21.5 Å². The highest BCUT2D eigenvalue weighted by atomic mass is 19.3. The van der Waals surface area contributed by atoms with Gasteiger partial charge in [0.15, 0.2) is 6.10 Å². The molecule has 3 aliphatic carbocycles. The van der Waals surface area contributed by atoms with Crippen LogP contribution in [0.2, 0.25) is 0 Å². The summed E-state index contributed by atoms with van der Waals surface area (Å²) in [6.45, 7) is 2.02. The molecule has 3 amide bonds. The van der Waals surface area contributed by atoms with Crippen LogP contribution in [0.3, 0.4) is 0 Å². The Bertz CT molecular complexity index is 660. The van der Waals surface area contributed by atoms with E-state index in [1.165, 1.54) is 0 Å². The largest absolute Gasteiger partial charge is 0.381 e. The second-order valence-electron chi connectivity index (χ2n) is 9.10. The van der Waals surface area contributed by atoms with Gasteiger partial charge in [0.05, 0.1) is 5.54 Å². The van der Waals surface area contributed by atoms with E-state index in [1.54, 1.807) is 0 Å². The number of carbonyl (C=O) groups excluding carboxylic acids is 3. The predicted octanol–water partition coefficient (Wildman–Crippen LogP) is 0.982. The van der Waals surface area contributed by atoms with Crippen LogP contribution in [-0.2, 0) is 14.4 Å². The van der Waals surface area contributed by atoms with Gasteiger partial charge in [0.2, 0.25) is 17.7 Å². The van der Waals surface area contributed by atoms with E-state index in [0.29, 0.717) is 25.7 Å². The third-order valence-corrected chi connectivity index (χ3v) is 6.69. The van der Waals surface area contributed by atoms with E-state index in [2.05, 4.69) is 10.6 Å². The van der Waals surface area contributed by atoms with Gasteiger partial charge in [-0.25, -0.2) is 8.78 Å². The van der Waals surface area contributed by atoms with Crippen molar-refractivity contribution >= 4 is 17.7 Å². The van der Waals surface area contributed by atoms with E-state index in [1.807, 2.05) is 6.92 Å². The molecule has 5 N–H and O–H groups in total. The number of carbonyl (C=O) groups is 3. The fraction of sp³-hybridized carbons (Fsp3) is 0.842. The van der Waals surface area contributed by atoms with Crippen molar-refractivity contribution in [3.05, 3.63) is 0 Å². The zero-order valence-electron chi connectivity index (χ0n) is 16.1. The molecule has 7 nitrogen and oxygen atoms in total. The van der Waals surface area contributed by atoms with Crippen LogP contribution in [0, 0.1) is 11.3 Å². The van der Waals surface area contributed by atoms with E-state index < -0.39 is 53.7 Å². The molecule has 0 spiro atoms. The number of nitrogens with two attached hydrogens (primary N) is 1. The third kappa shape index (κ3) is 4.14. The molecule has 0 aliphatic heterocycles. The van der Waals surface area contributed by atoms with E-state index in [-0.39, 0.29) is 5.41 Å². The number of hydrogen-bond donors (Lipinski definition) is 4. The predicted molar refractivity (Wildman–Crippen MR) is 96.1 cm³/mol. The number of aliphatic hydroxyl groups excluding tert-OH is 1. The molecule has 0 saturated heterocycles. The molecule has 0 heterocycles. The maximum absolute atomic E-state index is 13.3. The lowest BCUT2D eigenvalue weighted by atomic mass is 9.72. The molecule has 0 aromatic heterocycles. The van der Waals surface area contributed by atoms with Gasteiger partial charge in [0.1, 0.15) is 12.0 Å². The van der Waals surface area contributed by atoms with Crippen molar-refractivity contribution in [1.82, 2.24) is 10.6 Å². The Morgan fingerprint density at radius 3 is 2.14 bits per heavy atom. The van der Waals surface area contributed by atoms with Crippen molar-refractivity contribution in [2.45, 2.75) is 88.3 Å². The minimum atomic E-state index is -3.01. The number of hydrogen-bond acceptors (Lipinski definition) is 4. The minimum Gasteiger partial charge on any atom is -0.381 e. The summed E-state index contributed by atoms with van der Waals surface area (Å²) in [5, 5.41) is 15.3. The first-order valence-corrected chi connectivity index (χ1v) is 9.96. The summed E-state index contributed by atoms with van der Waals surface area (Å²) in [5.74, 6) is -6.73. The van der Waals surface area contributed by atoms with Crippen LogP contribution >= 0.6 is 0 Å². The van der Waals surface area contributed by atoms with Crippen LogP contribution in [0.1, 0.15) is 64.7 Å². The van der Waals surface area contributed by atoms with Crippen molar-refractivity contribution < 1.29 is 28.3 Å². The average molecular weight is 401 g/mol. The summed E-state index contributed by atoms with van der Waals surface area (Å²) in [6.07, 6.45) is 3.60. The molecular formula is C19H29F2N3O4. The van der Waals surface area contributed by atoms with Gasteiger partial charge in [-0.1, -0.05) is 19.8 Å². The number of alkyl halides is 2. The molecule has 3 rings (SSSR count). The number of rotatable bonds is 8. The second kappa shape index (κ2) is 7.24. The Balaban J connectivity index is 1.72. The molecule has 3 fully saturated rings. The van der Waals surface area contributed by atoms with E-state index in [9.17, 15) is 28.3 Å². The summed E-state index contributed by atoms with van der Waals surface area (Å²) >= 11 is 0. The first-order valence-electron chi connectivity index (χ1n) is 9.96. The van der Waals surface area contributed by atoms with Crippen molar-refractivity contribution in [3.8, 4) is 0 Å². The highest BCUT2D eigenvalue weighted by Gasteiger charge is 2.61. The molecule has 0 bridgehead atoms. The summed E-state index contributed by atoms with van der Waals surface area (Å²) in [7, 11) is 0. The molecule has 9 heteroatoms. The second-order valence-corrected chi connectivity index (χ2v) is 9.10. The van der Waals surface area contributed by atoms with Crippen molar-refractivity contribution in [2.75, 3.05) is 0 Å². The molecule has 0 aromatic rings. The van der Waals surface area contributed by atoms with Crippen LogP contribution in [0.5, 0.6) is 0 Å². The third-order valence-electron chi connectivity index (χ3n) is 6.69. The van der Waals surface area contributed by atoms with Crippen LogP contribution in [0.15, 0.2) is 0 Å². The van der Waals surface area contributed by atoms with Crippen LogP contribution in [-0.4, -0.2) is 46.4 Å². The van der Waals surface area contributed by atoms with Crippen molar-refractivity contribution in [1.29, 1.82) is 0 Å². The minimum absolute atomic E-state index is 0.170. The molecule has 28 heavy (non-hydrogen) atoms. The number of aliphatic hydroxyl groups is 1. The van der Waals surface area contributed by atoms with Gasteiger partial charge in [0, 0.05) is 6.42 Å². The molecule has 0 aromatic carbocycles. The molecule has 158 valence electrons. The highest BCUT2D eigenvalue weighted by molar-refractivity contribution is 5.91. The summed E-state index contributed by atoms with van der Waals surface area (Å²) in [5.41, 5.74) is 3.88. The van der Waals surface area contributed by atoms with E-state index >= 15 is 0 Å². The van der Waals surface area contributed by atoms with Crippen molar-refractivity contribution in [2.24, 2.45) is 17.1 Å². The lowest BCUT2D eigenvalue weighted by molar-refractivity contribution is -0.140. The molecule has 2 unspecified atom stereocenters. The molecule has 3 saturated carbocycles. The zero-order valence-corrected chi connectivity index (χ0v) is 16.1. The topological polar surface area (TPSA) is 122 Å². The highest BCUT2D eigenvalue weighted by Crippen LogP contribution is 2.49. The quantitative estimate of drug-likeness (QED) is 0.484. The van der Waals surface area contributed by atoms with E-state index in [4.69, 9.17) is 5.73 Å². The fourth-order valence-corrected chi connectivity index (χ4v) is 4.53. The fourth-order valence-electron chi connectivity index (χ4n) is 4.53. The maximum atomic E-state index is 13.3. The Labute approximate surface area is 162 Å². The van der Waals surface area contributed by atoms with Gasteiger partial charge >= 0.3 is 0 Å². The first-order chi connectivity index (χ1) is 13.0. The van der Waals surface area contributed by atoms with Crippen LogP contribution in [0.25, 0.3) is 0 Å². The number of halogens is 2. The Kier molecular flexibility index (Phi) is 5.42. The summed E-state index contributed by atoms with van der Waals surface area (Å²) < 4.78 is 26.5. The number of amides is 3. The molecular weight excluding hydrogens is 372 g/mol. The van der Waals surface area contributed by atoms with Gasteiger partial charge in [0.25, 0.3) is 5.92 Å². The van der Waals surface area contributed by atoms with Gasteiger partial charge in [-0.3, -0.25) is 14.4 Å². The van der Waals surface area contributed by atoms with Gasteiger partial charge in [-0.2, -0.15) is 0 Å². The summed E-state index contributed by atoms with van der Waals surface area (Å²) in [6, 6.07) is -0.996.